The molecule has 0 saturated carbocycles. The lowest BCUT2D eigenvalue weighted by Crippen LogP contribution is -2.64. The Kier molecular flexibility index (Phi) is 5.73. The molecule has 2 aliphatic heterocycles. The van der Waals surface area contributed by atoms with E-state index in [0.29, 0.717) is 25.1 Å². The highest BCUT2D eigenvalue weighted by atomic mass is 32.2. The Morgan fingerprint density at radius 1 is 1.18 bits per heavy atom. The number of benzene rings is 2. The normalized spacial score (nSPS) is 26.3. The predicted molar refractivity (Wildman–Crippen MR) is 109 cm³/mol. The third-order valence-electron chi connectivity index (χ3n) is 5.56. The van der Waals surface area contributed by atoms with Gasteiger partial charge in [0.05, 0.1) is 18.3 Å². The van der Waals surface area contributed by atoms with Crippen molar-refractivity contribution in [3.63, 3.8) is 0 Å². The molecule has 5 nitrogen and oxygen atoms in total. The van der Waals surface area contributed by atoms with Crippen LogP contribution >= 0.6 is 11.9 Å². The van der Waals surface area contributed by atoms with Crippen LogP contribution in [0.4, 0.5) is 4.39 Å². The standard InChI is InChI=1S/C21H26FN3O2S/c1-15-17(8-5-9-18(15)22)19-14-23-12-13-24(19)25-21(26,27)11-10-20(28-25)16-6-3-2-4-7-16/h2-9,19-20,23,26-27H,10-14H2,1H3/q+1. The summed E-state index contributed by atoms with van der Waals surface area (Å²) in [5.41, 5.74) is 2.64. The number of rotatable bonds is 3. The zero-order valence-electron chi connectivity index (χ0n) is 15.9. The van der Waals surface area contributed by atoms with Crippen molar-refractivity contribution >= 4 is 11.9 Å². The second-order valence-corrected chi connectivity index (χ2v) is 8.55. The van der Waals surface area contributed by atoms with Gasteiger partial charge in [-0.25, -0.2) is 4.39 Å². The van der Waals surface area contributed by atoms with E-state index in [1.165, 1.54) is 23.6 Å². The average molecular weight is 404 g/mol. The fourth-order valence-corrected chi connectivity index (χ4v) is 5.33. The summed E-state index contributed by atoms with van der Waals surface area (Å²) in [6.07, 6.45) is 0.923. The molecule has 2 atom stereocenters. The van der Waals surface area contributed by atoms with Gasteiger partial charge >= 0.3 is 0 Å². The maximum absolute atomic E-state index is 14.2. The third-order valence-corrected chi connectivity index (χ3v) is 7.03. The van der Waals surface area contributed by atoms with Gasteiger partial charge in [-0.1, -0.05) is 47.5 Å². The van der Waals surface area contributed by atoms with Crippen LogP contribution in [0, 0.1) is 12.7 Å². The van der Waals surface area contributed by atoms with Crippen molar-refractivity contribution < 1.29 is 14.6 Å². The number of hydrogen-bond donors (Lipinski definition) is 3. The lowest BCUT2D eigenvalue weighted by atomic mass is 9.99. The van der Waals surface area contributed by atoms with Crippen LogP contribution in [0.5, 0.6) is 0 Å². The van der Waals surface area contributed by atoms with E-state index >= 15 is 0 Å². The van der Waals surface area contributed by atoms with Crippen molar-refractivity contribution in [1.29, 1.82) is 0 Å². The lowest BCUT2D eigenvalue weighted by Gasteiger charge is -2.42. The third kappa shape index (κ3) is 3.83. The van der Waals surface area contributed by atoms with Crippen molar-refractivity contribution in [3.05, 3.63) is 71.0 Å². The fraction of sp³-hybridized carbons (Fsp3) is 0.429. The second-order valence-electron chi connectivity index (χ2n) is 7.43. The molecule has 2 saturated heterocycles. The largest absolute Gasteiger partial charge is 0.349 e. The summed E-state index contributed by atoms with van der Waals surface area (Å²) in [7, 11) is 0. The van der Waals surface area contributed by atoms with E-state index < -0.39 is 5.91 Å². The summed E-state index contributed by atoms with van der Waals surface area (Å²) < 4.78 is 15.8. The molecule has 4 rings (SSSR count). The molecular formula is C21H26FN3O2S+. The van der Waals surface area contributed by atoms with Crippen molar-refractivity contribution in [2.45, 2.75) is 37.0 Å². The number of nitrogens with zero attached hydrogens (tertiary/aromatic N) is 2. The molecular weight excluding hydrogens is 377 g/mol. The first kappa shape index (κ1) is 19.8. The Morgan fingerprint density at radius 3 is 2.75 bits per heavy atom. The quantitative estimate of drug-likeness (QED) is 0.418. The van der Waals surface area contributed by atoms with Crippen LogP contribution < -0.4 is 10.3 Å². The van der Waals surface area contributed by atoms with Crippen molar-refractivity contribution in [1.82, 2.24) is 14.7 Å². The summed E-state index contributed by atoms with van der Waals surface area (Å²) >= 11 is 1.44. The predicted octanol–water partition coefficient (Wildman–Crippen LogP) is 2.96. The van der Waals surface area contributed by atoms with Crippen molar-refractivity contribution in [2.75, 3.05) is 19.6 Å². The monoisotopic (exact) mass is 403 g/mol. The van der Waals surface area contributed by atoms with Crippen LogP contribution in [0.1, 0.15) is 40.8 Å². The Bertz CT molecular complexity index is 821. The minimum Gasteiger partial charge on any atom is -0.349 e. The molecule has 28 heavy (non-hydrogen) atoms. The van der Waals surface area contributed by atoms with E-state index in [1.807, 2.05) is 29.3 Å². The lowest BCUT2D eigenvalue weighted by molar-refractivity contribution is -0.274. The molecule has 3 N–H and O–H groups in total. The van der Waals surface area contributed by atoms with Gasteiger partial charge in [-0.15, -0.1) is 0 Å². The van der Waals surface area contributed by atoms with Gasteiger partial charge < -0.3 is 15.5 Å². The highest BCUT2D eigenvalue weighted by Gasteiger charge is 2.53. The van der Waals surface area contributed by atoms with Crippen LogP contribution in [0.3, 0.4) is 0 Å². The van der Waals surface area contributed by atoms with Gasteiger partial charge in [0.25, 0.3) is 5.91 Å². The number of halogens is 1. The van der Waals surface area contributed by atoms with E-state index in [4.69, 9.17) is 0 Å². The van der Waals surface area contributed by atoms with Crippen LogP contribution in [0.2, 0.25) is 0 Å². The number of aliphatic hydroxyl groups is 2. The Hall–Kier alpha value is -1.48. The molecule has 149 valence electrons. The van der Waals surface area contributed by atoms with Gasteiger partial charge in [0, 0.05) is 16.4 Å². The molecule has 0 amide bonds. The molecule has 0 aliphatic carbocycles. The van der Waals surface area contributed by atoms with Gasteiger partial charge in [-0.05, 0) is 42.5 Å². The molecule has 2 aromatic rings. The van der Waals surface area contributed by atoms with Gasteiger partial charge in [0.15, 0.2) is 12.6 Å². The van der Waals surface area contributed by atoms with Gasteiger partial charge in [-0.2, -0.15) is 0 Å². The highest BCUT2D eigenvalue weighted by molar-refractivity contribution is 7.97. The van der Waals surface area contributed by atoms with Gasteiger partial charge in [-0.3, -0.25) is 0 Å². The summed E-state index contributed by atoms with van der Waals surface area (Å²) in [6.45, 7) is 3.73. The zero-order chi connectivity index (χ0) is 19.7. The molecule has 2 aliphatic rings. The maximum atomic E-state index is 14.2. The van der Waals surface area contributed by atoms with E-state index in [1.54, 1.807) is 17.4 Å². The molecule has 2 fully saturated rings. The van der Waals surface area contributed by atoms with Gasteiger partial charge in [0.2, 0.25) is 0 Å². The summed E-state index contributed by atoms with van der Waals surface area (Å²) in [4.78, 5) is 0. The minimum absolute atomic E-state index is 0.137. The van der Waals surface area contributed by atoms with Crippen LogP contribution in [-0.2, 0) is 0 Å². The fourth-order valence-electron chi connectivity index (χ4n) is 4.01. The highest BCUT2D eigenvalue weighted by Crippen LogP contribution is 2.46. The van der Waals surface area contributed by atoms with Crippen molar-refractivity contribution in [2.24, 2.45) is 0 Å². The smallest absolute Gasteiger partial charge is 0.285 e. The SMILES string of the molecule is Cc1c(F)cccc1C1CNCC[N+]1N1SC(c2ccccc2)CCC1(O)O. The first-order valence-corrected chi connectivity index (χ1v) is 10.5. The summed E-state index contributed by atoms with van der Waals surface area (Å²) in [5, 5.41) is 27.0. The molecule has 2 heterocycles. The topological polar surface area (TPSA) is 61.6 Å². The van der Waals surface area contributed by atoms with E-state index in [9.17, 15) is 14.6 Å². The summed E-state index contributed by atoms with van der Waals surface area (Å²) in [6, 6.07) is 15.1. The Labute approximate surface area is 169 Å². The van der Waals surface area contributed by atoms with E-state index in [2.05, 4.69) is 17.4 Å². The Morgan fingerprint density at radius 2 is 1.96 bits per heavy atom. The Balaban J connectivity index is 1.65. The minimum atomic E-state index is -1.94. The average Bonchev–Trinajstić information content (AvgIpc) is 2.71. The molecule has 0 aromatic heterocycles. The first-order valence-electron chi connectivity index (χ1n) is 9.66. The zero-order valence-corrected chi connectivity index (χ0v) is 16.7. The van der Waals surface area contributed by atoms with E-state index in [0.717, 1.165) is 12.1 Å². The van der Waals surface area contributed by atoms with Gasteiger partial charge in [0.1, 0.15) is 5.82 Å². The first-order chi connectivity index (χ1) is 13.5. The molecule has 2 unspecified atom stereocenters. The van der Waals surface area contributed by atoms with Crippen LogP contribution in [-0.4, -0.2) is 40.2 Å². The number of piperazine rings is 1. The van der Waals surface area contributed by atoms with Crippen LogP contribution in [0.25, 0.3) is 0 Å². The van der Waals surface area contributed by atoms with Crippen molar-refractivity contribution in [3.8, 4) is 0 Å². The molecule has 2 aromatic carbocycles. The van der Waals surface area contributed by atoms with E-state index in [-0.39, 0.29) is 23.5 Å². The number of hydrazine groups is 1. The number of hydrogen-bond acceptors (Lipinski definition) is 6. The molecule has 0 spiro atoms. The summed E-state index contributed by atoms with van der Waals surface area (Å²) in [5.74, 6) is -2.18. The molecule has 7 heteroatoms. The molecule has 0 bridgehead atoms. The maximum Gasteiger partial charge on any atom is 0.285 e. The number of nitrogens with one attached hydrogen (secondary N) is 1. The van der Waals surface area contributed by atoms with Crippen LogP contribution in [0.15, 0.2) is 48.5 Å². The second kappa shape index (κ2) is 8.10. The molecule has 1 radical (unpaired) electrons.